The summed E-state index contributed by atoms with van der Waals surface area (Å²) in [5.41, 5.74) is 0. The van der Waals surface area contributed by atoms with Gasteiger partial charge in [0.05, 0.1) is 0 Å². The molecule has 1 aliphatic rings. The summed E-state index contributed by atoms with van der Waals surface area (Å²) in [6, 6.07) is 0. The predicted octanol–water partition coefficient (Wildman–Crippen LogP) is 3.99. The van der Waals surface area contributed by atoms with Gasteiger partial charge in [0.15, 0.2) is 0 Å². The van der Waals surface area contributed by atoms with Gasteiger partial charge in [-0.25, -0.2) is 0 Å². The summed E-state index contributed by atoms with van der Waals surface area (Å²) in [5, 5.41) is 0. The molecule has 0 amide bonds. The lowest BCUT2D eigenvalue weighted by Crippen LogP contribution is -2.19. The quantitative estimate of drug-likeness (QED) is 0.627. The normalized spacial score (nSPS) is 24.3. The van der Waals surface area contributed by atoms with Crippen LogP contribution in [0.1, 0.15) is 46.0 Å². The van der Waals surface area contributed by atoms with Gasteiger partial charge in [0.1, 0.15) is 0 Å². The fourth-order valence-electron chi connectivity index (χ4n) is 1.80. The molecule has 66 valence electrons. The molecule has 0 radical (unpaired) electrons. The first kappa shape index (κ1) is 9.57. The Morgan fingerprint density at radius 2 is 2.09 bits per heavy atom. The third kappa shape index (κ3) is 2.77. The lowest BCUT2D eigenvalue weighted by atomic mass is 9.78. The molecule has 0 aromatic rings. The van der Waals surface area contributed by atoms with Crippen LogP contribution in [0.5, 0.6) is 0 Å². The molecule has 1 rings (SSSR count). The van der Waals surface area contributed by atoms with E-state index in [4.69, 9.17) is 0 Å². The van der Waals surface area contributed by atoms with E-state index in [2.05, 4.69) is 29.8 Å². The first-order chi connectivity index (χ1) is 5.24. The van der Waals surface area contributed by atoms with Crippen molar-refractivity contribution in [2.45, 2.75) is 50.8 Å². The van der Waals surface area contributed by atoms with Crippen molar-refractivity contribution >= 4 is 15.9 Å². The third-order valence-corrected chi connectivity index (χ3v) is 4.49. The molecule has 0 aliphatic heterocycles. The van der Waals surface area contributed by atoms with E-state index in [0.29, 0.717) is 0 Å². The van der Waals surface area contributed by atoms with Gasteiger partial charge in [0.2, 0.25) is 0 Å². The van der Waals surface area contributed by atoms with Crippen LogP contribution < -0.4 is 0 Å². The van der Waals surface area contributed by atoms with Crippen LogP contribution in [0.3, 0.4) is 0 Å². The minimum absolute atomic E-state index is 0.753. The van der Waals surface area contributed by atoms with Gasteiger partial charge in [-0.3, -0.25) is 0 Å². The summed E-state index contributed by atoms with van der Waals surface area (Å²) in [6.07, 6.45) is 7.19. The molecule has 0 saturated heterocycles. The minimum Gasteiger partial charge on any atom is -0.0888 e. The van der Waals surface area contributed by atoms with Crippen LogP contribution in [0, 0.1) is 11.8 Å². The Morgan fingerprint density at radius 1 is 1.45 bits per heavy atom. The molecule has 0 aromatic carbocycles. The van der Waals surface area contributed by atoms with Crippen molar-refractivity contribution in [2.75, 3.05) is 0 Å². The summed E-state index contributed by atoms with van der Waals surface area (Å²) in [5.74, 6) is 1.95. The molecule has 0 nitrogen and oxygen atoms in total. The monoisotopic (exact) mass is 218 g/mol. The number of hydrogen-bond donors (Lipinski definition) is 0. The van der Waals surface area contributed by atoms with Gasteiger partial charge in [-0.15, -0.1) is 0 Å². The minimum atomic E-state index is 0.753. The van der Waals surface area contributed by atoms with Crippen LogP contribution in [0.4, 0.5) is 0 Å². The van der Waals surface area contributed by atoms with E-state index in [9.17, 15) is 0 Å². The molecule has 2 unspecified atom stereocenters. The van der Waals surface area contributed by atoms with E-state index in [1.165, 1.54) is 32.1 Å². The van der Waals surface area contributed by atoms with E-state index >= 15 is 0 Å². The molecule has 1 aliphatic carbocycles. The summed E-state index contributed by atoms with van der Waals surface area (Å²) in [6.45, 7) is 4.64. The van der Waals surface area contributed by atoms with Crippen molar-refractivity contribution in [3.63, 3.8) is 0 Å². The Kier molecular flexibility index (Phi) is 3.91. The van der Waals surface area contributed by atoms with Crippen LogP contribution >= 0.6 is 15.9 Å². The predicted molar refractivity (Wildman–Crippen MR) is 54.1 cm³/mol. The maximum absolute atomic E-state index is 3.72. The molecular formula is C10H19Br. The van der Waals surface area contributed by atoms with Crippen LogP contribution in [0.15, 0.2) is 0 Å². The van der Waals surface area contributed by atoms with Crippen molar-refractivity contribution in [1.29, 1.82) is 0 Å². The first-order valence-corrected chi connectivity index (χ1v) is 5.79. The Morgan fingerprint density at radius 3 is 2.45 bits per heavy atom. The summed E-state index contributed by atoms with van der Waals surface area (Å²) < 4.78 is 0. The maximum atomic E-state index is 3.72. The zero-order chi connectivity index (χ0) is 8.27. The highest BCUT2D eigenvalue weighted by Crippen LogP contribution is 2.34. The average Bonchev–Trinajstić information content (AvgIpc) is 1.94. The molecule has 1 fully saturated rings. The zero-order valence-electron chi connectivity index (χ0n) is 7.65. The van der Waals surface area contributed by atoms with Gasteiger partial charge in [0, 0.05) is 4.83 Å². The molecule has 0 spiro atoms. The number of hydrogen-bond acceptors (Lipinski definition) is 0. The van der Waals surface area contributed by atoms with Crippen LogP contribution in [-0.2, 0) is 0 Å². The summed E-state index contributed by atoms with van der Waals surface area (Å²) in [7, 11) is 0. The van der Waals surface area contributed by atoms with Crippen LogP contribution in [0.25, 0.3) is 0 Å². The molecule has 11 heavy (non-hydrogen) atoms. The maximum Gasteiger partial charge on any atom is 0.0168 e. The number of halogens is 1. The fraction of sp³-hybridized carbons (Fsp3) is 1.00. The van der Waals surface area contributed by atoms with Gasteiger partial charge in [-0.1, -0.05) is 49.0 Å². The molecule has 1 heteroatoms. The van der Waals surface area contributed by atoms with E-state index < -0.39 is 0 Å². The van der Waals surface area contributed by atoms with Crippen LogP contribution in [0.2, 0.25) is 0 Å². The topological polar surface area (TPSA) is 0 Å². The Balaban J connectivity index is 2.13. The SMILES string of the molecule is CCC(Br)C(C)CC1CCC1. The second-order valence-electron chi connectivity index (χ2n) is 3.93. The van der Waals surface area contributed by atoms with E-state index in [0.717, 1.165) is 16.7 Å². The van der Waals surface area contributed by atoms with Gasteiger partial charge in [-0.2, -0.15) is 0 Å². The highest BCUT2D eigenvalue weighted by molar-refractivity contribution is 9.09. The molecule has 1 saturated carbocycles. The van der Waals surface area contributed by atoms with E-state index in [-0.39, 0.29) is 0 Å². The highest BCUT2D eigenvalue weighted by Gasteiger charge is 2.22. The van der Waals surface area contributed by atoms with Crippen molar-refractivity contribution in [2.24, 2.45) is 11.8 Å². The van der Waals surface area contributed by atoms with Crippen molar-refractivity contribution in [3.8, 4) is 0 Å². The summed E-state index contributed by atoms with van der Waals surface area (Å²) in [4.78, 5) is 0.753. The van der Waals surface area contributed by atoms with Gasteiger partial charge in [0.25, 0.3) is 0 Å². The zero-order valence-corrected chi connectivity index (χ0v) is 9.23. The lowest BCUT2D eigenvalue weighted by Gasteiger charge is -2.29. The van der Waals surface area contributed by atoms with Crippen LogP contribution in [-0.4, -0.2) is 4.83 Å². The third-order valence-electron chi connectivity index (χ3n) is 2.94. The molecule has 2 atom stereocenters. The second kappa shape index (κ2) is 4.49. The summed E-state index contributed by atoms with van der Waals surface area (Å²) >= 11 is 3.72. The van der Waals surface area contributed by atoms with Gasteiger partial charge in [-0.05, 0) is 24.7 Å². The first-order valence-electron chi connectivity index (χ1n) is 4.88. The molecule has 0 N–H and O–H groups in total. The average molecular weight is 219 g/mol. The van der Waals surface area contributed by atoms with Crippen molar-refractivity contribution in [3.05, 3.63) is 0 Å². The van der Waals surface area contributed by atoms with E-state index in [1.54, 1.807) is 0 Å². The molecule has 0 aromatic heterocycles. The Hall–Kier alpha value is 0.480. The lowest BCUT2D eigenvalue weighted by molar-refractivity contribution is 0.254. The Bertz CT molecular complexity index is 107. The fourth-order valence-corrected chi connectivity index (χ4v) is 2.02. The molecule has 0 heterocycles. The van der Waals surface area contributed by atoms with Crippen molar-refractivity contribution in [1.82, 2.24) is 0 Å². The van der Waals surface area contributed by atoms with Crippen molar-refractivity contribution < 1.29 is 0 Å². The van der Waals surface area contributed by atoms with Gasteiger partial charge < -0.3 is 0 Å². The smallest absolute Gasteiger partial charge is 0.0168 e. The molecular weight excluding hydrogens is 200 g/mol. The van der Waals surface area contributed by atoms with Gasteiger partial charge >= 0.3 is 0 Å². The second-order valence-corrected chi connectivity index (χ2v) is 5.11. The largest absolute Gasteiger partial charge is 0.0888 e. The number of rotatable bonds is 4. The highest BCUT2D eigenvalue weighted by atomic mass is 79.9. The number of alkyl halides is 1. The molecule has 0 bridgehead atoms. The standard InChI is InChI=1S/C10H19Br/c1-3-10(11)8(2)7-9-5-4-6-9/h8-10H,3-7H2,1-2H3. The van der Waals surface area contributed by atoms with E-state index in [1.807, 2.05) is 0 Å². The Labute approximate surface area is 78.9 Å².